The van der Waals surface area contributed by atoms with E-state index in [1.807, 2.05) is 35.1 Å². The zero-order chi connectivity index (χ0) is 18.4. The number of amides is 1. The van der Waals surface area contributed by atoms with E-state index < -0.39 is 0 Å². The molecule has 1 aliphatic heterocycles. The van der Waals surface area contributed by atoms with E-state index in [2.05, 4.69) is 39.0 Å². The molecule has 0 spiro atoms. The standard InChI is InChI=1S/C19H26N6O/c1-14(13-25-9-5-8-23-25)11-21-19(20-2)22-12-15-10-18(26)24-17-7-4-3-6-16(15)17/h3-9,14-15H,10-13H2,1-2H3,(H,24,26)(H2,20,21,22). The van der Waals surface area contributed by atoms with Crippen LogP contribution in [0.3, 0.4) is 0 Å². The largest absolute Gasteiger partial charge is 0.356 e. The van der Waals surface area contributed by atoms with Gasteiger partial charge < -0.3 is 16.0 Å². The molecule has 0 aliphatic carbocycles. The third-order valence-corrected chi connectivity index (χ3v) is 4.52. The summed E-state index contributed by atoms with van der Waals surface area (Å²) in [6, 6.07) is 9.90. The molecule has 1 amide bonds. The first-order valence-electron chi connectivity index (χ1n) is 8.96. The molecule has 0 saturated heterocycles. The third kappa shape index (κ3) is 4.62. The molecule has 1 aromatic carbocycles. The number of nitrogens with zero attached hydrogens (tertiary/aromatic N) is 3. The SMILES string of the molecule is CN=C(NCC(C)Cn1cccn1)NCC1CC(=O)Nc2ccccc21. The Morgan fingerprint density at radius 2 is 2.23 bits per heavy atom. The zero-order valence-corrected chi connectivity index (χ0v) is 15.3. The van der Waals surface area contributed by atoms with Crippen LogP contribution in [0.2, 0.25) is 0 Å². The van der Waals surface area contributed by atoms with Gasteiger partial charge in [-0.3, -0.25) is 14.5 Å². The molecular weight excluding hydrogens is 328 g/mol. The number of nitrogens with one attached hydrogen (secondary N) is 3. The minimum atomic E-state index is 0.0614. The molecule has 0 fully saturated rings. The number of benzene rings is 1. The molecule has 7 nitrogen and oxygen atoms in total. The quantitative estimate of drug-likeness (QED) is 0.546. The molecule has 2 aromatic rings. The Bertz CT molecular complexity index is 755. The first kappa shape index (κ1) is 18.0. The number of aromatic nitrogens is 2. The van der Waals surface area contributed by atoms with Crippen LogP contribution in [0.15, 0.2) is 47.7 Å². The summed E-state index contributed by atoms with van der Waals surface area (Å²) in [6.07, 6.45) is 4.24. The van der Waals surface area contributed by atoms with Crippen LogP contribution >= 0.6 is 0 Å². The van der Waals surface area contributed by atoms with Gasteiger partial charge in [-0.1, -0.05) is 25.1 Å². The van der Waals surface area contributed by atoms with Crippen LogP contribution < -0.4 is 16.0 Å². The minimum Gasteiger partial charge on any atom is -0.356 e. The lowest BCUT2D eigenvalue weighted by atomic mass is 9.90. The molecule has 0 bridgehead atoms. The second-order valence-corrected chi connectivity index (χ2v) is 6.70. The number of hydrogen-bond acceptors (Lipinski definition) is 3. The normalized spacial score (nSPS) is 18.0. The summed E-state index contributed by atoms with van der Waals surface area (Å²) in [7, 11) is 1.76. The Morgan fingerprint density at radius 3 is 3.00 bits per heavy atom. The number of anilines is 1. The van der Waals surface area contributed by atoms with Crippen molar-refractivity contribution in [2.75, 3.05) is 25.5 Å². The smallest absolute Gasteiger partial charge is 0.225 e. The van der Waals surface area contributed by atoms with Gasteiger partial charge in [0, 0.05) is 57.1 Å². The van der Waals surface area contributed by atoms with Gasteiger partial charge in [-0.05, 0) is 23.6 Å². The van der Waals surface area contributed by atoms with E-state index in [0.717, 1.165) is 24.7 Å². The van der Waals surface area contributed by atoms with Crippen molar-refractivity contribution in [1.29, 1.82) is 0 Å². The molecule has 2 heterocycles. The molecule has 26 heavy (non-hydrogen) atoms. The molecular formula is C19H26N6O. The van der Waals surface area contributed by atoms with E-state index in [1.54, 1.807) is 13.2 Å². The van der Waals surface area contributed by atoms with Gasteiger partial charge in [0.1, 0.15) is 0 Å². The number of hydrogen-bond donors (Lipinski definition) is 3. The fraction of sp³-hybridized carbons (Fsp3) is 0.421. The molecule has 0 radical (unpaired) electrons. The van der Waals surface area contributed by atoms with Gasteiger partial charge in [-0.2, -0.15) is 5.10 Å². The second kappa shape index (κ2) is 8.51. The number of fused-ring (bicyclic) bond motifs is 1. The van der Waals surface area contributed by atoms with Gasteiger partial charge in [0.15, 0.2) is 5.96 Å². The summed E-state index contributed by atoms with van der Waals surface area (Å²) in [5.74, 6) is 1.36. The Hall–Kier alpha value is -2.83. The lowest BCUT2D eigenvalue weighted by molar-refractivity contribution is -0.116. The molecule has 3 N–H and O–H groups in total. The molecule has 1 aromatic heterocycles. The molecule has 138 valence electrons. The van der Waals surface area contributed by atoms with Crippen molar-refractivity contribution >= 4 is 17.6 Å². The van der Waals surface area contributed by atoms with Crippen molar-refractivity contribution in [2.45, 2.75) is 25.8 Å². The molecule has 0 saturated carbocycles. The fourth-order valence-corrected chi connectivity index (χ4v) is 3.19. The Labute approximate surface area is 153 Å². The molecule has 2 atom stereocenters. The van der Waals surface area contributed by atoms with E-state index in [-0.39, 0.29) is 11.8 Å². The topological polar surface area (TPSA) is 83.3 Å². The maximum absolute atomic E-state index is 11.9. The number of rotatable bonds is 6. The van der Waals surface area contributed by atoms with E-state index in [1.165, 1.54) is 5.56 Å². The Morgan fingerprint density at radius 1 is 1.38 bits per heavy atom. The summed E-state index contributed by atoms with van der Waals surface area (Å²) in [6.45, 7) is 4.48. The highest BCUT2D eigenvalue weighted by molar-refractivity contribution is 5.94. The Balaban J connectivity index is 1.50. The second-order valence-electron chi connectivity index (χ2n) is 6.70. The monoisotopic (exact) mass is 354 g/mol. The lowest BCUT2D eigenvalue weighted by Crippen LogP contribution is -2.42. The van der Waals surface area contributed by atoms with Crippen LogP contribution in [-0.4, -0.2) is 41.8 Å². The van der Waals surface area contributed by atoms with Gasteiger partial charge in [-0.25, -0.2) is 0 Å². The van der Waals surface area contributed by atoms with Crippen molar-refractivity contribution in [3.05, 3.63) is 48.3 Å². The number of para-hydroxylation sites is 1. The number of carbonyl (C=O) groups excluding carboxylic acids is 1. The highest BCUT2D eigenvalue weighted by Gasteiger charge is 2.24. The first-order chi connectivity index (χ1) is 12.7. The van der Waals surface area contributed by atoms with Crippen LogP contribution in [0.5, 0.6) is 0 Å². The average molecular weight is 354 g/mol. The van der Waals surface area contributed by atoms with Crippen molar-refractivity contribution in [2.24, 2.45) is 10.9 Å². The average Bonchev–Trinajstić information content (AvgIpc) is 3.14. The summed E-state index contributed by atoms with van der Waals surface area (Å²) >= 11 is 0. The maximum Gasteiger partial charge on any atom is 0.225 e. The molecule has 1 aliphatic rings. The van der Waals surface area contributed by atoms with Crippen LogP contribution in [-0.2, 0) is 11.3 Å². The summed E-state index contributed by atoms with van der Waals surface area (Å²) < 4.78 is 1.93. The highest BCUT2D eigenvalue weighted by Crippen LogP contribution is 2.31. The van der Waals surface area contributed by atoms with Crippen molar-refractivity contribution in [3.63, 3.8) is 0 Å². The van der Waals surface area contributed by atoms with Gasteiger partial charge in [-0.15, -0.1) is 0 Å². The zero-order valence-electron chi connectivity index (χ0n) is 15.3. The molecule has 2 unspecified atom stereocenters. The number of guanidine groups is 1. The fourth-order valence-electron chi connectivity index (χ4n) is 3.19. The lowest BCUT2D eigenvalue weighted by Gasteiger charge is -2.26. The van der Waals surface area contributed by atoms with Crippen LogP contribution in [0, 0.1) is 5.92 Å². The summed E-state index contributed by atoms with van der Waals surface area (Å²) in [5.41, 5.74) is 2.08. The Kier molecular flexibility index (Phi) is 5.88. The van der Waals surface area contributed by atoms with Gasteiger partial charge in [0.2, 0.25) is 5.91 Å². The molecule has 3 rings (SSSR count). The van der Waals surface area contributed by atoms with Crippen LogP contribution in [0.1, 0.15) is 24.8 Å². The van der Waals surface area contributed by atoms with Gasteiger partial charge in [0.25, 0.3) is 0 Å². The highest BCUT2D eigenvalue weighted by atomic mass is 16.1. The van der Waals surface area contributed by atoms with E-state index in [4.69, 9.17) is 0 Å². The minimum absolute atomic E-state index is 0.0614. The van der Waals surface area contributed by atoms with Gasteiger partial charge >= 0.3 is 0 Å². The van der Waals surface area contributed by atoms with E-state index in [0.29, 0.717) is 18.9 Å². The molecule has 7 heteroatoms. The van der Waals surface area contributed by atoms with Crippen molar-refractivity contribution in [3.8, 4) is 0 Å². The number of carbonyl (C=O) groups is 1. The van der Waals surface area contributed by atoms with Crippen molar-refractivity contribution in [1.82, 2.24) is 20.4 Å². The summed E-state index contributed by atoms with van der Waals surface area (Å²) in [5, 5.41) is 13.9. The third-order valence-electron chi connectivity index (χ3n) is 4.52. The summed E-state index contributed by atoms with van der Waals surface area (Å²) in [4.78, 5) is 16.2. The van der Waals surface area contributed by atoms with E-state index >= 15 is 0 Å². The predicted molar refractivity (Wildman–Crippen MR) is 103 cm³/mol. The van der Waals surface area contributed by atoms with Crippen LogP contribution in [0.4, 0.5) is 5.69 Å². The van der Waals surface area contributed by atoms with Crippen molar-refractivity contribution < 1.29 is 4.79 Å². The first-order valence-corrected chi connectivity index (χ1v) is 8.96. The van der Waals surface area contributed by atoms with Gasteiger partial charge in [0.05, 0.1) is 0 Å². The van der Waals surface area contributed by atoms with Crippen LogP contribution in [0.25, 0.3) is 0 Å². The van der Waals surface area contributed by atoms with E-state index in [9.17, 15) is 4.79 Å². The maximum atomic E-state index is 11.9. The predicted octanol–water partition coefficient (Wildman–Crippen LogP) is 1.81. The number of aliphatic imine (C=N–C) groups is 1.